The third-order valence-electron chi connectivity index (χ3n) is 5.20. The number of hydrogen-bond donors (Lipinski definition) is 1. The fraction of sp³-hybridized carbons (Fsp3) is 0.474. The van der Waals surface area contributed by atoms with Gasteiger partial charge in [-0.2, -0.15) is 0 Å². The van der Waals surface area contributed by atoms with Gasteiger partial charge in [-0.25, -0.2) is 9.37 Å². The van der Waals surface area contributed by atoms with E-state index in [1.165, 1.54) is 6.07 Å². The van der Waals surface area contributed by atoms with Gasteiger partial charge in [0, 0.05) is 43.7 Å². The predicted octanol–water partition coefficient (Wildman–Crippen LogP) is 2.50. The Kier molecular flexibility index (Phi) is 4.53. The predicted molar refractivity (Wildman–Crippen MR) is 95.3 cm³/mol. The van der Waals surface area contributed by atoms with Crippen molar-refractivity contribution in [3.05, 3.63) is 57.8 Å². The maximum absolute atomic E-state index is 13.9. The van der Waals surface area contributed by atoms with Crippen LogP contribution in [0.3, 0.4) is 0 Å². The van der Waals surface area contributed by atoms with Crippen molar-refractivity contribution < 1.29 is 4.39 Å². The van der Waals surface area contributed by atoms with Crippen molar-refractivity contribution in [2.45, 2.75) is 31.7 Å². The molecule has 5 nitrogen and oxygen atoms in total. The highest BCUT2D eigenvalue weighted by Crippen LogP contribution is 2.28. The molecule has 25 heavy (non-hydrogen) atoms. The second-order valence-corrected chi connectivity index (χ2v) is 7.00. The molecule has 1 N–H and O–H groups in total. The Hall–Kier alpha value is -2.21. The average Bonchev–Trinajstić information content (AvgIpc) is 3.28. The molecule has 2 aliphatic rings. The van der Waals surface area contributed by atoms with Crippen molar-refractivity contribution in [2.75, 3.05) is 31.1 Å². The average molecular weight is 342 g/mol. The third kappa shape index (κ3) is 3.58. The fourth-order valence-electron chi connectivity index (χ4n) is 3.84. The van der Waals surface area contributed by atoms with Gasteiger partial charge in [0.2, 0.25) is 5.95 Å². The molecule has 1 aromatic carbocycles. The van der Waals surface area contributed by atoms with E-state index in [9.17, 15) is 9.18 Å². The Bertz CT molecular complexity index is 800. The number of hydrogen-bond acceptors (Lipinski definition) is 4. The zero-order valence-electron chi connectivity index (χ0n) is 14.2. The number of benzene rings is 1. The van der Waals surface area contributed by atoms with Crippen LogP contribution in [-0.4, -0.2) is 41.0 Å². The summed E-state index contributed by atoms with van der Waals surface area (Å²) in [7, 11) is 0. The highest BCUT2D eigenvalue weighted by molar-refractivity contribution is 5.32. The van der Waals surface area contributed by atoms with E-state index in [-0.39, 0.29) is 17.3 Å². The Morgan fingerprint density at radius 3 is 2.80 bits per heavy atom. The lowest BCUT2D eigenvalue weighted by atomic mass is 10.0. The molecular weight excluding hydrogens is 319 g/mol. The highest BCUT2D eigenvalue weighted by atomic mass is 19.1. The molecule has 3 heterocycles. The molecule has 132 valence electrons. The summed E-state index contributed by atoms with van der Waals surface area (Å²) in [5.41, 5.74) is 1.50. The molecule has 0 radical (unpaired) electrons. The van der Waals surface area contributed by atoms with E-state index in [0.717, 1.165) is 56.7 Å². The van der Waals surface area contributed by atoms with E-state index in [4.69, 9.17) is 4.98 Å². The van der Waals surface area contributed by atoms with Gasteiger partial charge in [0.05, 0.1) is 5.69 Å². The van der Waals surface area contributed by atoms with Crippen molar-refractivity contribution >= 4 is 5.95 Å². The molecule has 2 fully saturated rings. The highest BCUT2D eigenvalue weighted by Gasteiger charge is 2.27. The van der Waals surface area contributed by atoms with Gasteiger partial charge in [0.1, 0.15) is 5.82 Å². The maximum atomic E-state index is 13.9. The van der Waals surface area contributed by atoms with Crippen LogP contribution in [0, 0.1) is 5.82 Å². The molecular formula is C19H23FN4O. The molecule has 2 aromatic rings. The lowest BCUT2D eigenvalue weighted by Gasteiger charge is -2.19. The minimum absolute atomic E-state index is 0.0838. The zero-order chi connectivity index (χ0) is 17.2. The minimum atomic E-state index is -0.156. The van der Waals surface area contributed by atoms with Crippen LogP contribution in [0.4, 0.5) is 10.3 Å². The molecule has 6 heteroatoms. The van der Waals surface area contributed by atoms with Gasteiger partial charge in [-0.3, -0.25) is 14.7 Å². The van der Waals surface area contributed by atoms with Crippen LogP contribution in [0.5, 0.6) is 0 Å². The van der Waals surface area contributed by atoms with Crippen LogP contribution in [-0.2, 0) is 6.54 Å². The molecule has 0 amide bonds. The topological polar surface area (TPSA) is 52.2 Å². The molecule has 0 saturated carbocycles. The summed E-state index contributed by atoms with van der Waals surface area (Å²) in [6.07, 6.45) is 3.24. The van der Waals surface area contributed by atoms with Crippen molar-refractivity contribution in [2.24, 2.45) is 0 Å². The van der Waals surface area contributed by atoms with Gasteiger partial charge < -0.3 is 4.90 Å². The van der Waals surface area contributed by atoms with E-state index in [1.807, 2.05) is 12.1 Å². The summed E-state index contributed by atoms with van der Waals surface area (Å²) in [6.45, 7) is 4.22. The van der Waals surface area contributed by atoms with Gasteiger partial charge >= 0.3 is 0 Å². The van der Waals surface area contributed by atoms with Gasteiger partial charge in [0.25, 0.3) is 5.56 Å². The first-order valence-electron chi connectivity index (χ1n) is 9.01. The smallest absolute Gasteiger partial charge is 0.252 e. The molecule has 0 spiro atoms. The minimum Gasteiger partial charge on any atom is -0.342 e. The second-order valence-electron chi connectivity index (χ2n) is 7.00. The number of halogens is 1. The monoisotopic (exact) mass is 342 g/mol. The van der Waals surface area contributed by atoms with Gasteiger partial charge in [-0.15, -0.1) is 0 Å². The Morgan fingerprint density at radius 2 is 2.00 bits per heavy atom. The molecule has 2 aliphatic heterocycles. The van der Waals surface area contributed by atoms with Crippen molar-refractivity contribution in [3.63, 3.8) is 0 Å². The quantitative estimate of drug-likeness (QED) is 0.928. The van der Waals surface area contributed by atoms with E-state index in [1.54, 1.807) is 12.1 Å². The van der Waals surface area contributed by atoms with Crippen LogP contribution in [0.1, 0.15) is 36.4 Å². The Balaban J connectivity index is 1.48. The number of rotatable bonds is 4. The largest absolute Gasteiger partial charge is 0.342 e. The Morgan fingerprint density at radius 1 is 1.20 bits per heavy atom. The summed E-state index contributed by atoms with van der Waals surface area (Å²) >= 11 is 0. The number of aromatic amines is 1. The van der Waals surface area contributed by atoms with Gasteiger partial charge in [-0.05, 0) is 31.9 Å². The number of aromatic nitrogens is 2. The van der Waals surface area contributed by atoms with Crippen LogP contribution in [0.2, 0.25) is 0 Å². The van der Waals surface area contributed by atoms with Crippen LogP contribution >= 0.6 is 0 Å². The number of H-pyrrole nitrogens is 1. The van der Waals surface area contributed by atoms with E-state index >= 15 is 0 Å². The maximum Gasteiger partial charge on any atom is 0.252 e. The first-order valence-corrected chi connectivity index (χ1v) is 9.01. The van der Waals surface area contributed by atoms with E-state index in [0.29, 0.717) is 12.5 Å². The number of anilines is 1. The van der Waals surface area contributed by atoms with E-state index in [2.05, 4.69) is 14.8 Å². The summed E-state index contributed by atoms with van der Waals surface area (Å²) in [5.74, 6) is 0.777. The molecule has 1 aromatic heterocycles. The van der Waals surface area contributed by atoms with Gasteiger partial charge in [-0.1, -0.05) is 18.2 Å². The summed E-state index contributed by atoms with van der Waals surface area (Å²) in [6, 6.07) is 8.54. The lowest BCUT2D eigenvalue weighted by molar-refractivity contribution is 0.320. The molecule has 2 saturated heterocycles. The summed E-state index contributed by atoms with van der Waals surface area (Å²) in [4.78, 5) is 24.0. The molecule has 0 aliphatic carbocycles. The van der Waals surface area contributed by atoms with Crippen molar-refractivity contribution in [1.29, 1.82) is 0 Å². The third-order valence-corrected chi connectivity index (χ3v) is 5.20. The fourth-order valence-corrected chi connectivity index (χ4v) is 3.84. The first kappa shape index (κ1) is 16.3. The summed E-state index contributed by atoms with van der Waals surface area (Å²) < 4.78 is 13.9. The van der Waals surface area contributed by atoms with Crippen LogP contribution in [0.25, 0.3) is 0 Å². The Labute approximate surface area is 146 Å². The van der Waals surface area contributed by atoms with Crippen LogP contribution in [0.15, 0.2) is 35.1 Å². The second kappa shape index (κ2) is 6.96. The number of nitrogens with one attached hydrogen (secondary N) is 1. The first-order chi connectivity index (χ1) is 12.2. The normalized spacial score (nSPS) is 21.2. The zero-order valence-corrected chi connectivity index (χ0v) is 14.2. The van der Waals surface area contributed by atoms with Crippen molar-refractivity contribution in [3.8, 4) is 0 Å². The lowest BCUT2D eigenvalue weighted by Crippen LogP contribution is -2.25. The van der Waals surface area contributed by atoms with Crippen molar-refractivity contribution in [1.82, 2.24) is 14.9 Å². The molecule has 0 bridgehead atoms. The summed E-state index contributed by atoms with van der Waals surface area (Å²) in [5, 5.41) is 0. The molecule has 1 atom stereocenters. The number of nitrogens with zero attached hydrogens (tertiary/aromatic N) is 3. The SMILES string of the molecule is O=c1cc(C2CCN(Cc3ccccc3F)C2)nc(N2CCCC2)[nH]1. The van der Waals surface area contributed by atoms with Gasteiger partial charge in [0.15, 0.2) is 0 Å². The standard InChI is InChI=1S/C19H23FN4O/c20-16-6-2-1-5-14(16)12-23-10-7-15(13-23)17-11-18(25)22-19(21-17)24-8-3-4-9-24/h1-2,5-6,11,15H,3-4,7-10,12-13H2,(H,21,22,25). The molecule has 4 rings (SSSR count). The van der Waals surface area contributed by atoms with E-state index < -0.39 is 0 Å². The number of likely N-dealkylation sites (tertiary alicyclic amines) is 1. The molecule has 1 unspecified atom stereocenters. The van der Waals surface area contributed by atoms with Crippen LogP contribution < -0.4 is 10.5 Å².